The summed E-state index contributed by atoms with van der Waals surface area (Å²) in [6, 6.07) is 10.2. The van der Waals surface area contributed by atoms with Gasteiger partial charge >= 0.3 is 0 Å². The smallest absolute Gasteiger partial charge is 0.168 e. The fourth-order valence-corrected chi connectivity index (χ4v) is 5.11. The average Bonchev–Trinajstić information content (AvgIpc) is 3.22. The Morgan fingerprint density at radius 1 is 1.00 bits per heavy atom. The first-order valence-electron chi connectivity index (χ1n) is 11.5. The molecule has 2 unspecified atom stereocenters. The molecule has 2 aliphatic rings. The van der Waals surface area contributed by atoms with Gasteiger partial charge in [0.1, 0.15) is 12.1 Å². The van der Waals surface area contributed by atoms with E-state index in [1.807, 2.05) is 29.1 Å². The van der Waals surface area contributed by atoms with Crippen LogP contribution in [-0.4, -0.2) is 69.6 Å². The van der Waals surface area contributed by atoms with Crippen molar-refractivity contribution < 1.29 is 4.74 Å². The van der Waals surface area contributed by atoms with Crippen molar-refractivity contribution in [2.24, 2.45) is 5.92 Å². The summed E-state index contributed by atoms with van der Waals surface area (Å²) in [7, 11) is 0. The van der Waals surface area contributed by atoms with E-state index in [0.717, 1.165) is 54.6 Å². The number of fused-ring (bicyclic) bond motifs is 1. The maximum Gasteiger partial charge on any atom is 0.168 e. The van der Waals surface area contributed by atoms with Gasteiger partial charge in [0, 0.05) is 26.2 Å². The Balaban J connectivity index is 1.22. The number of benzene rings is 1. The number of piperidine rings is 1. The number of ether oxygens (including phenoxy) is 1. The van der Waals surface area contributed by atoms with Gasteiger partial charge in [-0.2, -0.15) is 5.10 Å². The standard InChI is InChI=1S/C24H32N6O/c1-18-15-28(16-19(2)31-18)11-8-20-9-12-29(13-10-20)23-22-14-27-30(24(22)26-17-25-23)21-6-4-3-5-7-21/h3-7,14,17-20H,8-13,15-16H2,1-2H3. The molecular formula is C24H32N6O. The summed E-state index contributed by atoms with van der Waals surface area (Å²) in [6.07, 6.45) is 7.99. The van der Waals surface area contributed by atoms with Gasteiger partial charge in [0.05, 0.1) is 29.5 Å². The minimum Gasteiger partial charge on any atom is -0.373 e. The van der Waals surface area contributed by atoms with Crippen LogP contribution in [0.2, 0.25) is 0 Å². The van der Waals surface area contributed by atoms with Crippen LogP contribution in [0.15, 0.2) is 42.9 Å². The molecule has 164 valence electrons. The zero-order valence-corrected chi connectivity index (χ0v) is 18.5. The predicted octanol–water partition coefficient (Wildman–Crippen LogP) is 3.53. The zero-order valence-electron chi connectivity index (χ0n) is 18.5. The van der Waals surface area contributed by atoms with Crippen LogP contribution in [0, 0.1) is 5.92 Å². The van der Waals surface area contributed by atoms with Crippen molar-refractivity contribution >= 4 is 16.9 Å². The molecule has 0 N–H and O–H groups in total. The molecule has 31 heavy (non-hydrogen) atoms. The molecule has 7 nitrogen and oxygen atoms in total. The lowest BCUT2D eigenvalue weighted by molar-refractivity contribution is -0.0690. The van der Waals surface area contributed by atoms with Gasteiger partial charge in [0.25, 0.3) is 0 Å². The van der Waals surface area contributed by atoms with Crippen molar-refractivity contribution in [1.82, 2.24) is 24.6 Å². The molecule has 2 fully saturated rings. The highest BCUT2D eigenvalue weighted by Crippen LogP contribution is 2.29. The van der Waals surface area contributed by atoms with E-state index in [1.54, 1.807) is 6.33 Å². The largest absolute Gasteiger partial charge is 0.373 e. The zero-order chi connectivity index (χ0) is 21.2. The lowest BCUT2D eigenvalue weighted by Crippen LogP contribution is -2.46. The fourth-order valence-electron chi connectivity index (χ4n) is 5.11. The number of morpholine rings is 1. The highest BCUT2D eigenvalue weighted by molar-refractivity contribution is 5.87. The van der Waals surface area contributed by atoms with Crippen LogP contribution in [0.3, 0.4) is 0 Å². The first-order valence-corrected chi connectivity index (χ1v) is 11.5. The van der Waals surface area contributed by atoms with E-state index in [4.69, 9.17) is 4.74 Å². The molecular weight excluding hydrogens is 388 g/mol. The van der Waals surface area contributed by atoms with Crippen LogP contribution < -0.4 is 4.90 Å². The van der Waals surface area contributed by atoms with Crippen molar-refractivity contribution in [1.29, 1.82) is 0 Å². The number of anilines is 1. The van der Waals surface area contributed by atoms with Gasteiger partial charge < -0.3 is 9.64 Å². The second kappa shape index (κ2) is 8.93. The van der Waals surface area contributed by atoms with Crippen molar-refractivity contribution in [2.75, 3.05) is 37.6 Å². The maximum atomic E-state index is 5.87. The van der Waals surface area contributed by atoms with Crippen molar-refractivity contribution in [2.45, 2.75) is 45.3 Å². The van der Waals surface area contributed by atoms with Crippen LogP contribution in [0.5, 0.6) is 0 Å². The van der Waals surface area contributed by atoms with E-state index >= 15 is 0 Å². The van der Waals surface area contributed by atoms with E-state index in [1.165, 1.54) is 25.8 Å². The summed E-state index contributed by atoms with van der Waals surface area (Å²) >= 11 is 0. The predicted molar refractivity (Wildman–Crippen MR) is 123 cm³/mol. The molecule has 2 aliphatic heterocycles. The van der Waals surface area contributed by atoms with Gasteiger partial charge in [-0.05, 0) is 57.7 Å². The summed E-state index contributed by atoms with van der Waals surface area (Å²) in [5, 5.41) is 5.63. The third-order valence-corrected chi connectivity index (χ3v) is 6.61. The Hall–Kier alpha value is -2.51. The first-order chi connectivity index (χ1) is 15.2. The molecule has 0 spiro atoms. The van der Waals surface area contributed by atoms with Crippen molar-refractivity contribution in [3.05, 3.63) is 42.9 Å². The van der Waals surface area contributed by atoms with Crippen LogP contribution in [0.4, 0.5) is 5.82 Å². The monoisotopic (exact) mass is 420 g/mol. The fraction of sp³-hybridized carbons (Fsp3) is 0.542. The van der Waals surface area contributed by atoms with Crippen molar-refractivity contribution in [3.63, 3.8) is 0 Å². The summed E-state index contributed by atoms with van der Waals surface area (Å²) in [6.45, 7) is 9.77. The lowest BCUT2D eigenvalue weighted by Gasteiger charge is -2.37. The minimum absolute atomic E-state index is 0.350. The summed E-state index contributed by atoms with van der Waals surface area (Å²) in [5.74, 6) is 1.80. The highest BCUT2D eigenvalue weighted by atomic mass is 16.5. The third-order valence-electron chi connectivity index (χ3n) is 6.61. The molecule has 1 aromatic carbocycles. The van der Waals surface area contributed by atoms with Gasteiger partial charge in [-0.25, -0.2) is 14.6 Å². The Labute approximate surface area is 184 Å². The van der Waals surface area contributed by atoms with E-state index in [9.17, 15) is 0 Å². The molecule has 7 heteroatoms. The summed E-state index contributed by atoms with van der Waals surface area (Å²) in [5.41, 5.74) is 1.89. The number of hydrogen-bond donors (Lipinski definition) is 0. The Morgan fingerprint density at radius 3 is 2.48 bits per heavy atom. The normalized spacial score (nSPS) is 23.5. The number of hydrogen-bond acceptors (Lipinski definition) is 6. The first kappa shape index (κ1) is 20.4. The molecule has 2 saturated heterocycles. The third kappa shape index (κ3) is 4.43. The SMILES string of the molecule is CC1CN(CCC2CCN(c3ncnc4c3cnn4-c3ccccc3)CC2)CC(C)O1. The van der Waals surface area contributed by atoms with Crippen LogP contribution in [-0.2, 0) is 4.74 Å². The molecule has 0 bridgehead atoms. The van der Waals surface area contributed by atoms with Gasteiger partial charge in [0.2, 0.25) is 0 Å². The highest BCUT2D eigenvalue weighted by Gasteiger charge is 2.26. The van der Waals surface area contributed by atoms with Gasteiger partial charge in [0.15, 0.2) is 5.65 Å². The molecule has 5 rings (SSSR count). The van der Waals surface area contributed by atoms with E-state index in [2.05, 4.69) is 50.8 Å². The molecule has 2 atom stereocenters. The topological polar surface area (TPSA) is 59.3 Å². The summed E-state index contributed by atoms with van der Waals surface area (Å²) < 4.78 is 7.77. The second-order valence-electron chi connectivity index (χ2n) is 9.06. The summed E-state index contributed by atoms with van der Waals surface area (Å²) in [4.78, 5) is 14.2. The van der Waals surface area contributed by atoms with E-state index in [0.29, 0.717) is 12.2 Å². The average molecular weight is 421 g/mol. The van der Waals surface area contributed by atoms with Crippen LogP contribution in [0.1, 0.15) is 33.1 Å². The molecule has 0 saturated carbocycles. The number of aromatic nitrogens is 4. The number of nitrogens with zero attached hydrogens (tertiary/aromatic N) is 6. The Kier molecular flexibility index (Phi) is 5.87. The van der Waals surface area contributed by atoms with Crippen LogP contribution >= 0.6 is 0 Å². The molecule has 4 heterocycles. The van der Waals surface area contributed by atoms with E-state index in [-0.39, 0.29) is 0 Å². The molecule has 0 amide bonds. The number of rotatable bonds is 5. The molecule has 0 aliphatic carbocycles. The van der Waals surface area contributed by atoms with E-state index < -0.39 is 0 Å². The molecule has 3 aromatic rings. The molecule has 0 radical (unpaired) electrons. The number of para-hydroxylation sites is 1. The lowest BCUT2D eigenvalue weighted by atomic mass is 9.93. The minimum atomic E-state index is 0.350. The maximum absolute atomic E-state index is 5.87. The van der Waals surface area contributed by atoms with Crippen molar-refractivity contribution in [3.8, 4) is 5.69 Å². The second-order valence-corrected chi connectivity index (χ2v) is 9.06. The van der Waals surface area contributed by atoms with Gasteiger partial charge in [-0.1, -0.05) is 18.2 Å². The molecule has 2 aromatic heterocycles. The van der Waals surface area contributed by atoms with Crippen LogP contribution in [0.25, 0.3) is 16.7 Å². The quantitative estimate of drug-likeness (QED) is 0.629. The van der Waals surface area contributed by atoms with Gasteiger partial charge in [-0.3, -0.25) is 4.90 Å². The Bertz CT molecular complexity index is 988. The Morgan fingerprint density at radius 2 is 1.74 bits per heavy atom. The van der Waals surface area contributed by atoms with Gasteiger partial charge in [-0.15, -0.1) is 0 Å².